The van der Waals surface area contributed by atoms with Gasteiger partial charge >= 0.3 is 0 Å². The lowest BCUT2D eigenvalue weighted by atomic mass is 9.71. The molecule has 0 spiro atoms. The summed E-state index contributed by atoms with van der Waals surface area (Å²) in [6, 6.07) is 0.0696. The summed E-state index contributed by atoms with van der Waals surface area (Å²) in [7, 11) is 0. The molecule has 2 unspecified atom stereocenters. The summed E-state index contributed by atoms with van der Waals surface area (Å²) in [4.78, 5) is 1.87. The molecule has 2 atom stereocenters. The molecule has 1 aliphatic carbocycles. The summed E-state index contributed by atoms with van der Waals surface area (Å²) < 4.78 is 25.2. The first kappa shape index (κ1) is 14.8. The van der Waals surface area contributed by atoms with Crippen LogP contribution in [0.5, 0.6) is 0 Å². The maximum Gasteiger partial charge on any atom is 0.251 e. The normalized spacial score (nSPS) is 28.9. The third kappa shape index (κ3) is 4.18. The van der Waals surface area contributed by atoms with Gasteiger partial charge in [-0.15, -0.1) is 0 Å². The van der Waals surface area contributed by atoms with Crippen molar-refractivity contribution in [3.8, 4) is 0 Å². The highest BCUT2D eigenvalue weighted by molar-refractivity contribution is 4.92. The molecule has 2 nitrogen and oxygen atoms in total. The molecule has 17 heavy (non-hydrogen) atoms. The Morgan fingerprint density at radius 3 is 2.59 bits per heavy atom. The van der Waals surface area contributed by atoms with Gasteiger partial charge in [0.25, 0.3) is 6.43 Å². The molecule has 0 aromatic carbocycles. The second kappa shape index (κ2) is 6.10. The van der Waals surface area contributed by atoms with Gasteiger partial charge in [-0.3, -0.25) is 4.90 Å². The van der Waals surface area contributed by atoms with Gasteiger partial charge in [0.05, 0.1) is 12.6 Å². The number of hydrogen-bond acceptors (Lipinski definition) is 2. The predicted octanol–water partition coefficient (Wildman–Crippen LogP) is 2.90. The van der Waals surface area contributed by atoms with Crippen LogP contribution in [-0.4, -0.2) is 41.7 Å². The molecule has 4 heteroatoms. The molecule has 1 fully saturated rings. The van der Waals surface area contributed by atoms with Crippen molar-refractivity contribution >= 4 is 0 Å². The Hall–Kier alpha value is -0.220. The van der Waals surface area contributed by atoms with Crippen molar-refractivity contribution in [1.29, 1.82) is 0 Å². The molecule has 1 saturated carbocycles. The van der Waals surface area contributed by atoms with Gasteiger partial charge in [-0.1, -0.05) is 20.8 Å². The average molecular weight is 249 g/mol. The largest absolute Gasteiger partial charge is 0.393 e. The number of alkyl halides is 2. The highest BCUT2D eigenvalue weighted by Crippen LogP contribution is 2.39. The van der Waals surface area contributed by atoms with Crippen LogP contribution in [0.3, 0.4) is 0 Å². The van der Waals surface area contributed by atoms with E-state index < -0.39 is 6.43 Å². The zero-order valence-electron chi connectivity index (χ0n) is 11.1. The van der Waals surface area contributed by atoms with Crippen molar-refractivity contribution < 1.29 is 13.9 Å². The molecule has 0 aromatic rings. The maximum atomic E-state index is 12.6. The fourth-order valence-electron chi connectivity index (χ4n) is 2.88. The van der Waals surface area contributed by atoms with Gasteiger partial charge < -0.3 is 5.11 Å². The number of halogens is 2. The van der Waals surface area contributed by atoms with Crippen molar-refractivity contribution in [1.82, 2.24) is 4.90 Å². The van der Waals surface area contributed by atoms with Gasteiger partial charge in [-0.2, -0.15) is 0 Å². The van der Waals surface area contributed by atoms with Gasteiger partial charge in [0.1, 0.15) is 0 Å². The standard InChI is InChI=1S/C13H25F2NO/c1-4-7-16(9-12(14)15)11-8-10(17)5-6-13(11,2)3/h10-12,17H,4-9H2,1-3H3. The minimum atomic E-state index is -2.29. The van der Waals surface area contributed by atoms with Gasteiger partial charge in [-0.05, 0) is 37.6 Å². The van der Waals surface area contributed by atoms with Gasteiger partial charge in [0, 0.05) is 6.04 Å². The first-order chi connectivity index (χ1) is 7.86. The Morgan fingerprint density at radius 1 is 1.41 bits per heavy atom. The van der Waals surface area contributed by atoms with E-state index in [4.69, 9.17) is 0 Å². The third-order valence-corrected chi connectivity index (χ3v) is 3.84. The van der Waals surface area contributed by atoms with E-state index in [0.29, 0.717) is 13.0 Å². The Morgan fingerprint density at radius 2 is 2.06 bits per heavy atom. The van der Waals surface area contributed by atoms with Crippen LogP contribution in [0.2, 0.25) is 0 Å². The molecule has 0 radical (unpaired) electrons. The number of aliphatic hydroxyl groups is 1. The zero-order valence-corrected chi connectivity index (χ0v) is 11.1. The quantitative estimate of drug-likeness (QED) is 0.810. The monoisotopic (exact) mass is 249 g/mol. The summed E-state index contributed by atoms with van der Waals surface area (Å²) in [6.07, 6.45) is 0.566. The SMILES string of the molecule is CCCN(CC(F)F)C1CC(O)CCC1(C)C. The number of nitrogens with zero attached hydrogens (tertiary/aromatic N) is 1. The topological polar surface area (TPSA) is 23.5 Å². The molecular formula is C13H25F2NO. The van der Waals surface area contributed by atoms with Gasteiger partial charge in [0.15, 0.2) is 0 Å². The molecule has 102 valence electrons. The highest BCUT2D eigenvalue weighted by Gasteiger charge is 2.39. The molecular weight excluding hydrogens is 224 g/mol. The van der Waals surface area contributed by atoms with Crippen molar-refractivity contribution in [3.05, 3.63) is 0 Å². The van der Waals surface area contributed by atoms with Crippen LogP contribution >= 0.6 is 0 Å². The fourth-order valence-corrected chi connectivity index (χ4v) is 2.88. The van der Waals surface area contributed by atoms with E-state index in [9.17, 15) is 13.9 Å². The van der Waals surface area contributed by atoms with Crippen molar-refractivity contribution in [2.24, 2.45) is 5.41 Å². The number of hydrogen-bond donors (Lipinski definition) is 1. The molecule has 0 aliphatic heterocycles. The second-order valence-corrected chi connectivity index (χ2v) is 5.82. The van der Waals surface area contributed by atoms with Crippen LogP contribution in [-0.2, 0) is 0 Å². The lowest BCUT2D eigenvalue weighted by Gasteiger charge is -2.46. The molecule has 1 aliphatic rings. The number of aliphatic hydroxyl groups excluding tert-OH is 1. The van der Waals surface area contributed by atoms with E-state index in [-0.39, 0.29) is 24.1 Å². The minimum Gasteiger partial charge on any atom is -0.393 e. The molecule has 0 amide bonds. The van der Waals surface area contributed by atoms with Crippen LogP contribution in [0.1, 0.15) is 46.5 Å². The molecule has 0 heterocycles. The summed E-state index contributed by atoms with van der Waals surface area (Å²) >= 11 is 0. The summed E-state index contributed by atoms with van der Waals surface area (Å²) in [5, 5.41) is 9.75. The maximum absolute atomic E-state index is 12.6. The first-order valence-electron chi connectivity index (χ1n) is 6.57. The van der Waals surface area contributed by atoms with E-state index >= 15 is 0 Å². The predicted molar refractivity (Wildman–Crippen MR) is 65.3 cm³/mol. The van der Waals surface area contributed by atoms with Crippen LogP contribution in [0, 0.1) is 5.41 Å². The van der Waals surface area contributed by atoms with Gasteiger partial charge in [-0.25, -0.2) is 8.78 Å². The van der Waals surface area contributed by atoms with Crippen LogP contribution in [0.25, 0.3) is 0 Å². The lowest BCUT2D eigenvalue weighted by molar-refractivity contribution is -0.0330. The van der Waals surface area contributed by atoms with Crippen molar-refractivity contribution in [3.63, 3.8) is 0 Å². The van der Waals surface area contributed by atoms with Crippen LogP contribution in [0.4, 0.5) is 8.78 Å². The summed E-state index contributed by atoms with van der Waals surface area (Å²) in [6.45, 7) is 6.76. The van der Waals surface area contributed by atoms with E-state index in [1.54, 1.807) is 0 Å². The van der Waals surface area contributed by atoms with E-state index in [1.165, 1.54) is 0 Å². The number of rotatable bonds is 5. The summed E-state index contributed by atoms with van der Waals surface area (Å²) in [5.41, 5.74) is 0.0172. The molecule has 0 saturated heterocycles. The Kier molecular flexibility index (Phi) is 5.32. The minimum absolute atomic E-state index is 0.0172. The van der Waals surface area contributed by atoms with Crippen LogP contribution in [0.15, 0.2) is 0 Å². The molecule has 0 aromatic heterocycles. The van der Waals surface area contributed by atoms with Crippen LogP contribution < -0.4 is 0 Å². The van der Waals surface area contributed by atoms with Crippen molar-refractivity contribution in [2.45, 2.75) is 65.0 Å². The Labute approximate surface area is 103 Å². The van der Waals surface area contributed by atoms with E-state index in [1.807, 2.05) is 11.8 Å². The first-order valence-corrected chi connectivity index (χ1v) is 6.57. The second-order valence-electron chi connectivity index (χ2n) is 5.82. The Bertz CT molecular complexity index is 233. The van der Waals surface area contributed by atoms with E-state index in [2.05, 4.69) is 13.8 Å². The van der Waals surface area contributed by atoms with Gasteiger partial charge in [0.2, 0.25) is 0 Å². The average Bonchev–Trinajstić information content (AvgIpc) is 2.20. The highest BCUT2D eigenvalue weighted by atomic mass is 19.3. The molecule has 1 rings (SSSR count). The Balaban J connectivity index is 2.74. The fraction of sp³-hybridized carbons (Fsp3) is 1.00. The zero-order chi connectivity index (χ0) is 13.1. The molecule has 0 bridgehead atoms. The third-order valence-electron chi connectivity index (χ3n) is 3.84. The summed E-state index contributed by atoms with van der Waals surface area (Å²) in [5.74, 6) is 0. The smallest absolute Gasteiger partial charge is 0.251 e. The van der Waals surface area contributed by atoms with Crippen molar-refractivity contribution in [2.75, 3.05) is 13.1 Å². The molecule has 1 N–H and O–H groups in total. The van der Waals surface area contributed by atoms with E-state index in [0.717, 1.165) is 19.3 Å². The lowest BCUT2D eigenvalue weighted by Crippen LogP contribution is -2.51.